The Morgan fingerprint density at radius 1 is 1.12 bits per heavy atom. The van der Waals surface area contributed by atoms with Gasteiger partial charge in [-0.15, -0.1) is 0 Å². The average Bonchev–Trinajstić information content (AvgIpc) is 2.67. The Bertz CT molecular complexity index is 624. The number of nitrogens with zero attached hydrogens (tertiary/aromatic N) is 3. The molecule has 142 valence electrons. The molecule has 0 aromatic heterocycles. The van der Waals surface area contributed by atoms with Crippen LogP contribution in [0.5, 0.6) is 0 Å². The third-order valence-electron chi connectivity index (χ3n) is 5.43. The maximum absolute atomic E-state index is 12.8. The van der Waals surface area contributed by atoms with E-state index in [2.05, 4.69) is 4.90 Å². The fraction of sp³-hybridized carbons (Fsp3) is 0.600. The van der Waals surface area contributed by atoms with Gasteiger partial charge in [0.15, 0.2) is 0 Å². The number of piperazine rings is 1. The zero-order chi connectivity index (χ0) is 18.5. The maximum atomic E-state index is 12.8. The molecule has 0 saturated carbocycles. The molecule has 2 saturated heterocycles. The maximum Gasteiger partial charge on any atom is 0.246 e. The van der Waals surface area contributed by atoms with Crippen LogP contribution in [-0.4, -0.2) is 74.6 Å². The van der Waals surface area contributed by atoms with Gasteiger partial charge in [-0.1, -0.05) is 17.7 Å². The van der Waals surface area contributed by atoms with Crippen LogP contribution in [0.25, 0.3) is 0 Å². The SMILES string of the molecule is COCCN1CCC(C(=O)N2CCN(c3ccc(C)cc3)C(=O)C2)CC1. The molecule has 0 atom stereocenters. The van der Waals surface area contributed by atoms with Gasteiger partial charge in [-0.05, 0) is 45.0 Å². The van der Waals surface area contributed by atoms with Crippen molar-refractivity contribution in [3.8, 4) is 0 Å². The fourth-order valence-corrected chi connectivity index (χ4v) is 3.74. The summed E-state index contributed by atoms with van der Waals surface area (Å²) in [6.07, 6.45) is 1.74. The number of anilines is 1. The second-order valence-corrected chi connectivity index (χ2v) is 7.25. The fourth-order valence-electron chi connectivity index (χ4n) is 3.74. The number of hydrogen-bond donors (Lipinski definition) is 0. The summed E-state index contributed by atoms with van der Waals surface area (Å²) in [5, 5.41) is 0. The Kier molecular flexibility index (Phi) is 6.27. The van der Waals surface area contributed by atoms with Gasteiger partial charge in [0.2, 0.25) is 11.8 Å². The first-order chi connectivity index (χ1) is 12.6. The Balaban J connectivity index is 1.51. The van der Waals surface area contributed by atoms with Crippen molar-refractivity contribution in [2.24, 2.45) is 5.92 Å². The highest BCUT2D eigenvalue weighted by Crippen LogP contribution is 2.22. The summed E-state index contributed by atoms with van der Waals surface area (Å²) in [7, 11) is 1.71. The standard InChI is InChI=1S/C20H29N3O3/c1-16-3-5-18(6-4-16)23-12-11-22(15-19(23)24)20(25)17-7-9-21(10-8-17)13-14-26-2/h3-6,17H,7-15H2,1-2H3. The van der Waals surface area contributed by atoms with E-state index in [4.69, 9.17) is 4.74 Å². The van der Waals surface area contributed by atoms with Crippen LogP contribution in [-0.2, 0) is 14.3 Å². The van der Waals surface area contributed by atoms with Crippen LogP contribution in [0, 0.1) is 12.8 Å². The minimum Gasteiger partial charge on any atom is -0.383 e. The number of likely N-dealkylation sites (tertiary alicyclic amines) is 1. The van der Waals surface area contributed by atoms with E-state index in [1.54, 1.807) is 16.9 Å². The smallest absolute Gasteiger partial charge is 0.246 e. The van der Waals surface area contributed by atoms with E-state index in [9.17, 15) is 9.59 Å². The molecule has 0 radical (unpaired) electrons. The van der Waals surface area contributed by atoms with Crippen molar-refractivity contribution in [2.75, 3.05) is 57.9 Å². The van der Waals surface area contributed by atoms with Gasteiger partial charge in [-0.25, -0.2) is 0 Å². The van der Waals surface area contributed by atoms with Crippen molar-refractivity contribution in [1.82, 2.24) is 9.80 Å². The molecular formula is C20H29N3O3. The second-order valence-electron chi connectivity index (χ2n) is 7.25. The summed E-state index contributed by atoms with van der Waals surface area (Å²) >= 11 is 0. The highest BCUT2D eigenvalue weighted by atomic mass is 16.5. The van der Waals surface area contributed by atoms with Gasteiger partial charge in [-0.2, -0.15) is 0 Å². The molecule has 1 aromatic rings. The van der Waals surface area contributed by atoms with Crippen molar-refractivity contribution >= 4 is 17.5 Å². The molecule has 3 rings (SSSR count). The average molecular weight is 359 g/mol. The van der Waals surface area contributed by atoms with Gasteiger partial charge < -0.3 is 19.4 Å². The first kappa shape index (κ1) is 18.9. The van der Waals surface area contributed by atoms with Crippen LogP contribution >= 0.6 is 0 Å². The topological polar surface area (TPSA) is 53.1 Å². The van der Waals surface area contributed by atoms with Crippen LogP contribution in [0.2, 0.25) is 0 Å². The van der Waals surface area contributed by atoms with Gasteiger partial charge in [-0.3, -0.25) is 9.59 Å². The number of amides is 2. The Labute approximate surface area is 155 Å². The summed E-state index contributed by atoms with van der Waals surface area (Å²) in [5.74, 6) is 0.201. The van der Waals surface area contributed by atoms with E-state index < -0.39 is 0 Å². The minimum absolute atomic E-state index is 0.00554. The zero-order valence-electron chi connectivity index (χ0n) is 15.8. The minimum atomic E-state index is 0.00554. The molecule has 0 aliphatic carbocycles. The third kappa shape index (κ3) is 4.43. The number of carbonyl (C=O) groups is 2. The molecule has 0 spiro atoms. The largest absolute Gasteiger partial charge is 0.383 e. The number of ether oxygens (including phenoxy) is 1. The molecule has 26 heavy (non-hydrogen) atoms. The normalized spacial score (nSPS) is 19.8. The van der Waals surface area contributed by atoms with Gasteiger partial charge in [0.25, 0.3) is 0 Å². The molecule has 6 nitrogen and oxygen atoms in total. The summed E-state index contributed by atoms with van der Waals surface area (Å²) < 4.78 is 5.12. The summed E-state index contributed by atoms with van der Waals surface area (Å²) in [6, 6.07) is 7.97. The molecule has 2 heterocycles. The van der Waals surface area contributed by atoms with Crippen LogP contribution in [0.1, 0.15) is 18.4 Å². The monoisotopic (exact) mass is 359 g/mol. The Morgan fingerprint density at radius 2 is 1.81 bits per heavy atom. The predicted molar refractivity (Wildman–Crippen MR) is 101 cm³/mol. The van der Waals surface area contributed by atoms with E-state index >= 15 is 0 Å². The first-order valence-corrected chi connectivity index (χ1v) is 9.45. The lowest BCUT2D eigenvalue weighted by Crippen LogP contribution is -2.54. The highest BCUT2D eigenvalue weighted by Gasteiger charge is 2.33. The third-order valence-corrected chi connectivity index (χ3v) is 5.43. The van der Waals surface area contributed by atoms with Gasteiger partial charge in [0.1, 0.15) is 6.54 Å². The van der Waals surface area contributed by atoms with E-state index in [0.29, 0.717) is 13.1 Å². The Morgan fingerprint density at radius 3 is 2.42 bits per heavy atom. The lowest BCUT2D eigenvalue weighted by molar-refractivity contribution is -0.141. The number of piperidine rings is 1. The van der Waals surface area contributed by atoms with Crippen LogP contribution < -0.4 is 4.90 Å². The zero-order valence-corrected chi connectivity index (χ0v) is 15.8. The Hall–Kier alpha value is -1.92. The summed E-state index contributed by atoms with van der Waals surface area (Å²) in [5.41, 5.74) is 2.09. The molecule has 2 aliphatic heterocycles. The predicted octanol–water partition coefficient (Wildman–Crippen LogP) is 1.53. The number of aryl methyl sites for hydroxylation is 1. The number of hydrogen-bond acceptors (Lipinski definition) is 4. The number of benzene rings is 1. The van der Waals surface area contributed by atoms with E-state index in [0.717, 1.165) is 44.8 Å². The van der Waals surface area contributed by atoms with Crippen molar-refractivity contribution in [3.63, 3.8) is 0 Å². The highest BCUT2D eigenvalue weighted by molar-refractivity contribution is 5.98. The lowest BCUT2D eigenvalue weighted by Gasteiger charge is -2.38. The molecule has 2 amide bonds. The van der Waals surface area contributed by atoms with E-state index in [1.165, 1.54) is 5.56 Å². The van der Waals surface area contributed by atoms with E-state index in [1.807, 2.05) is 31.2 Å². The molecule has 2 aliphatic rings. The van der Waals surface area contributed by atoms with Gasteiger partial charge in [0.05, 0.1) is 6.61 Å². The van der Waals surface area contributed by atoms with E-state index in [-0.39, 0.29) is 24.3 Å². The van der Waals surface area contributed by atoms with Crippen LogP contribution in [0.15, 0.2) is 24.3 Å². The van der Waals surface area contributed by atoms with Gasteiger partial charge >= 0.3 is 0 Å². The molecular weight excluding hydrogens is 330 g/mol. The molecule has 6 heteroatoms. The molecule has 0 unspecified atom stereocenters. The number of methoxy groups -OCH3 is 1. The number of carbonyl (C=O) groups excluding carboxylic acids is 2. The van der Waals surface area contributed by atoms with Crippen molar-refractivity contribution in [3.05, 3.63) is 29.8 Å². The lowest BCUT2D eigenvalue weighted by atomic mass is 9.95. The van der Waals surface area contributed by atoms with Crippen molar-refractivity contribution in [2.45, 2.75) is 19.8 Å². The molecule has 0 bridgehead atoms. The first-order valence-electron chi connectivity index (χ1n) is 9.45. The molecule has 2 fully saturated rings. The second kappa shape index (κ2) is 8.64. The number of rotatable bonds is 5. The van der Waals surface area contributed by atoms with Crippen LogP contribution in [0.3, 0.4) is 0 Å². The summed E-state index contributed by atoms with van der Waals surface area (Å²) in [6.45, 7) is 6.91. The van der Waals surface area contributed by atoms with Crippen molar-refractivity contribution < 1.29 is 14.3 Å². The quantitative estimate of drug-likeness (QED) is 0.800. The van der Waals surface area contributed by atoms with Crippen LogP contribution in [0.4, 0.5) is 5.69 Å². The van der Waals surface area contributed by atoms with Crippen molar-refractivity contribution in [1.29, 1.82) is 0 Å². The van der Waals surface area contributed by atoms with Gasteiger partial charge in [0, 0.05) is 38.3 Å². The molecule has 0 N–H and O–H groups in total. The summed E-state index contributed by atoms with van der Waals surface area (Å²) in [4.78, 5) is 31.3. The molecule has 1 aromatic carbocycles.